The number of aryl methyl sites for hydroxylation is 1. The summed E-state index contributed by atoms with van der Waals surface area (Å²) in [5, 5.41) is 3.06. The van der Waals surface area contributed by atoms with E-state index in [-0.39, 0.29) is 23.5 Å². The molecular weight excluding hydrogens is 428 g/mol. The van der Waals surface area contributed by atoms with Gasteiger partial charge in [-0.25, -0.2) is 4.98 Å². The van der Waals surface area contributed by atoms with Crippen LogP contribution in [0.4, 0.5) is 5.82 Å². The normalized spacial score (nSPS) is 20.6. The van der Waals surface area contributed by atoms with Crippen molar-refractivity contribution in [2.45, 2.75) is 45.3 Å². The fraction of sp³-hybridized carbons (Fsp3) is 0.444. The Morgan fingerprint density at radius 1 is 1.12 bits per heavy atom. The van der Waals surface area contributed by atoms with Gasteiger partial charge in [0.25, 0.3) is 5.56 Å². The summed E-state index contributed by atoms with van der Waals surface area (Å²) < 4.78 is 7.44. The number of benzene rings is 2. The van der Waals surface area contributed by atoms with Gasteiger partial charge < -0.3 is 15.0 Å². The highest BCUT2D eigenvalue weighted by molar-refractivity contribution is 5.80. The smallest absolute Gasteiger partial charge is 0.294 e. The van der Waals surface area contributed by atoms with Crippen LogP contribution in [0.25, 0.3) is 11.0 Å². The van der Waals surface area contributed by atoms with E-state index in [0.717, 1.165) is 55.4 Å². The first-order valence-corrected chi connectivity index (χ1v) is 12.3. The number of carbonyl (C=O) groups excluding carboxylic acids is 1. The van der Waals surface area contributed by atoms with Crippen molar-refractivity contribution >= 4 is 22.8 Å². The summed E-state index contributed by atoms with van der Waals surface area (Å²) in [5.41, 5.74) is 3.75. The molecule has 2 aliphatic rings. The molecule has 0 unspecified atom stereocenters. The van der Waals surface area contributed by atoms with Gasteiger partial charge in [-0.2, -0.15) is 0 Å². The number of piperidine rings is 1. The Labute approximate surface area is 199 Å². The third kappa shape index (κ3) is 4.85. The van der Waals surface area contributed by atoms with E-state index < -0.39 is 0 Å². The van der Waals surface area contributed by atoms with Crippen LogP contribution in [0.1, 0.15) is 36.8 Å². The van der Waals surface area contributed by atoms with Gasteiger partial charge in [-0.3, -0.25) is 14.2 Å². The van der Waals surface area contributed by atoms with Gasteiger partial charge in [-0.05, 0) is 50.3 Å². The molecule has 1 amide bonds. The number of anilines is 1. The lowest BCUT2D eigenvalue weighted by Crippen LogP contribution is -2.46. The zero-order chi connectivity index (χ0) is 23.5. The first-order chi connectivity index (χ1) is 16.6. The van der Waals surface area contributed by atoms with E-state index in [0.29, 0.717) is 25.5 Å². The summed E-state index contributed by atoms with van der Waals surface area (Å²) in [7, 11) is 0. The zero-order valence-corrected chi connectivity index (χ0v) is 19.7. The summed E-state index contributed by atoms with van der Waals surface area (Å²) in [6.07, 6.45) is 3.85. The van der Waals surface area contributed by atoms with Crippen molar-refractivity contribution < 1.29 is 9.53 Å². The minimum atomic E-state index is -0.159. The van der Waals surface area contributed by atoms with Gasteiger partial charge in [-0.1, -0.05) is 42.0 Å². The van der Waals surface area contributed by atoms with Gasteiger partial charge in [0.05, 0.1) is 29.6 Å². The second-order valence-electron chi connectivity index (χ2n) is 9.47. The number of rotatable bonds is 6. The Morgan fingerprint density at radius 3 is 2.74 bits per heavy atom. The molecule has 34 heavy (non-hydrogen) atoms. The van der Waals surface area contributed by atoms with Crippen LogP contribution in [-0.2, 0) is 16.1 Å². The summed E-state index contributed by atoms with van der Waals surface area (Å²) in [6.45, 7) is 5.10. The van der Waals surface area contributed by atoms with Crippen molar-refractivity contribution in [2.24, 2.45) is 5.92 Å². The van der Waals surface area contributed by atoms with Crippen LogP contribution in [0.5, 0.6) is 0 Å². The Kier molecular flexibility index (Phi) is 6.63. The first kappa shape index (κ1) is 22.6. The maximum atomic E-state index is 13.7. The number of nitrogens with zero attached hydrogens (tertiary/aromatic N) is 3. The molecule has 3 heterocycles. The van der Waals surface area contributed by atoms with E-state index in [2.05, 4.69) is 36.5 Å². The second-order valence-corrected chi connectivity index (χ2v) is 9.47. The van der Waals surface area contributed by atoms with Crippen molar-refractivity contribution in [3.8, 4) is 0 Å². The lowest BCUT2D eigenvalue weighted by atomic mass is 9.97. The average Bonchev–Trinajstić information content (AvgIpc) is 3.39. The molecular formula is C27H32N4O3. The summed E-state index contributed by atoms with van der Waals surface area (Å²) >= 11 is 0. The monoisotopic (exact) mass is 460 g/mol. The molecule has 2 atom stereocenters. The van der Waals surface area contributed by atoms with Crippen LogP contribution in [0.15, 0.2) is 53.3 Å². The molecule has 7 nitrogen and oxygen atoms in total. The molecule has 0 bridgehead atoms. The fourth-order valence-electron chi connectivity index (χ4n) is 4.97. The maximum absolute atomic E-state index is 13.7. The number of ether oxygens (including phenoxy) is 1. The van der Waals surface area contributed by atoms with Crippen molar-refractivity contribution in [3.05, 3.63) is 70.0 Å². The van der Waals surface area contributed by atoms with Gasteiger partial charge in [0.1, 0.15) is 0 Å². The number of fused-ring (bicyclic) bond motifs is 1. The Morgan fingerprint density at radius 2 is 1.94 bits per heavy atom. The third-order valence-corrected chi connectivity index (χ3v) is 6.92. The predicted molar refractivity (Wildman–Crippen MR) is 133 cm³/mol. The van der Waals surface area contributed by atoms with E-state index in [1.807, 2.05) is 33.7 Å². The van der Waals surface area contributed by atoms with Crippen molar-refractivity contribution in [2.75, 3.05) is 31.1 Å². The second kappa shape index (κ2) is 9.97. The number of para-hydroxylation sites is 2. The minimum Gasteiger partial charge on any atom is -0.376 e. The number of hydrogen-bond acceptors (Lipinski definition) is 5. The van der Waals surface area contributed by atoms with Crippen LogP contribution in [0.3, 0.4) is 0 Å². The SMILES string of the molecule is Cc1ccc(Cn2c(=O)c(N3CCC[C@H](C(=O)NC[C@@H]4CCCO4)C3)nc3ccccc32)cc1. The molecule has 0 spiro atoms. The van der Waals surface area contributed by atoms with Crippen LogP contribution < -0.4 is 15.8 Å². The fourth-order valence-corrected chi connectivity index (χ4v) is 4.97. The standard InChI is InChI=1S/C27H32N4O3/c1-19-10-12-20(13-11-19)17-31-24-9-3-2-8-23(24)29-25(27(31)33)30-14-4-6-21(18-30)26(32)28-16-22-7-5-15-34-22/h2-3,8-13,21-22H,4-7,14-18H2,1H3,(H,28,32)/t21-,22-/m0/s1. The summed E-state index contributed by atoms with van der Waals surface area (Å²) in [4.78, 5) is 33.3. The molecule has 5 rings (SSSR count). The van der Waals surface area contributed by atoms with Gasteiger partial charge in [-0.15, -0.1) is 0 Å². The molecule has 2 aromatic carbocycles. The third-order valence-electron chi connectivity index (χ3n) is 6.92. The van der Waals surface area contributed by atoms with Gasteiger partial charge in [0.15, 0.2) is 5.82 Å². The Balaban J connectivity index is 1.40. The molecule has 2 fully saturated rings. The lowest BCUT2D eigenvalue weighted by molar-refractivity contribution is -0.125. The van der Waals surface area contributed by atoms with Gasteiger partial charge in [0, 0.05) is 26.2 Å². The van der Waals surface area contributed by atoms with E-state index >= 15 is 0 Å². The highest BCUT2D eigenvalue weighted by Gasteiger charge is 2.29. The molecule has 0 radical (unpaired) electrons. The Bertz CT molecular complexity index is 1210. The van der Waals surface area contributed by atoms with Crippen molar-refractivity contribution in [1.29, 1.82) is 0 Å². The zero-order valence-electron chi connectivity index (χ0n) is 19.7. The quantitative estimate of drug-likeness (QED) is 0.611. The lowest BCUT2D eigenvalue weighted by Gasteiger charge is -2.33. The first-order valence-electron chi connectivity index (χ1n) is 12.3. The summed E-state index contributed by atoms with van der Waals surface area (Å²) in [5.74, 6) is 0.316. The van der Waals surface area contributed by atoms with Crippen LogP contribution in [0, 0.1) is 12.8 Å². The number of amides is 1. The highest BCUT2D eigenvalue weighted by Crippen LogP contribution is 2.23. The predicted octanol–water partition coefficient (Wildman–Crippen LogP) is 3.26. The molecule has 178 valence electrons. The molecule has 1 N–H and O–H groups in total. The molecule has 7 heteroatoms. The van der Waals surface area contributed by atoms with Crippen LogP contribution in [0.2, 0.25) is 0 Å². The maximum Gasteiger partial charge on any atom is 0.294 e. The molecule has 2 saturated heterocycles. The number of aromatic nitrogens is 2. The Hall–Kier alpha value is -3.19. The molecule has 3 aromatic rings. The van der Waals surface area contributed by atoms with E-state index in [1.165, 1.54) is 5.56 Å². The minimum absolute atomic E-state index is 0.0426. The van der Waals surface area contributed by atoms with Crippen molar-refractivity contribution in [1.82, 2.24) is 14.9 Å². The van der Waals surface area contributed by atoms with E-state index in [1.54, 1.807) is 0 Å². The van der Waals surface area contributed by atoms with Crippen molar-refractivity contribution in [3.63, 3.8) is 0 Å². The molecule has 2 aliphatic heterocycles. The van der Waals surface area contributed by atoms with Crippen LogP contribution in [-0.4, -0.2) is 47.8 Å². The number of nitrogens with one attached hydrogen (secondary N) is 1. The van der Waals surface area contributed by atoms with Gasteiger partial charge in [0.2, 0.25) is 5.91 Å². The van der Waals surface area contributed by atoms with Crippen LogP contribution >= 0.6 is 0 Å². The highest BCUT2D eigenvalue weighted by atomic mass is 16.5. The number of hydrogen-bond donors (Lipinski definition) is 1. The average molecular weight is 461 g/mol. The summed E-state index contributed by atoms with van der Waals surface area (Å²) in [6, 6.07) is 16.0. The number of carbonyl (C=O) groups is 1. The molecule has 0 aliphatic carbocycles. The molecule has 0 saturated carbocycles. The van der Waals surface area contributed by atoms with Gasteiger partial charge >= 0.3 is 0 Å². The molecule has 1 aromatic heterocycles. The van der Waals surface area contributed by atoms with E-state index in [9.17, 15) is 9.59 Å². The van der Waals surface area contributed by atoms with E-state index in [4.69, 9.17) is 9.72 Å². The largest absolute Gasteiger partial charge is 0.376 e. The topological polar surface area (TPSA) is 76.5 Å².